The predicted molar refractivity (Wildman–Crippen MR) is 112 cm³/mol. The zero-order valence-corrected chi connectivity index (χ0v) is 17.6. The Morgan fingerprint density at radius 3 is 2.45 bits per heavy atom. The minimum Gasteiger partial charge on any atom is -0.497 e. The Hall–Kier alpha value is -3.66. The van der Waals surface area contributed by atoms with Crippen molar-refractivity contribution in [2.24, 2.45) is 0 Å². The molecule has 1 heterocycles. The number of sulfone groups is 1. The smallest absolute Gasteiger partial charge is 0.273 e. The number of hydrogen-bond acceptors (Lipinski definition) is 7. The Labute approximate surface area is 178 Å². The lowest BCUT2D eigenvalue weighted by atomic mass is 10.1. The molecule has 1 atom stereocenters. The summed E-state index contributed by atoms with van der Waals surface area (Å²) in [7, 11) is -2.46. The van der Waals surface area contributed by atoms with Crippen molar-refractivity contribution in [3.05, 3.63) is 87.9 Å². The van der Waals surface area contributed by atoms with Crippen LogP contribution in [0.5, 0.6) is 5.75 Å². The zero-order valence-electron chi connectivity index (χ0n) is 16.8. The molecule has 10 heteroatoms. The van der Waals surface area contributed by atoms with E-state index in [1.54, 1.807) is 6.07 Å². The van der Waals surface area contributed by atoms with Crippen LogP contribution in [-0.4, -0.2) is 32.9 Å². The number of nitro benzene ring substituents is 1. The van der Waals surface area contributed by atoms with Crippen molar-refractivity contribution in [2.75, 3.05) is 13.7 Å². The van der Waals surface area contributed by atoms with Crippen molar-refractivity contribution in [2.45, 2.75) is 17.1 Å². The van der Waals surface area contributed by atoms with Gasteiger partial charge in [-0.05, 0) is 49.4 Å². The van der Waals surface area contributed by atoms with Gasteiger partial charge in [-0.25, -0.2) is 8.42 Å². The van der Waals surface area contributed by atoms with Crippen LogP contribution in [0.4, 0.5) is 5.69 Å². The summed E-state index contributed by atoms with van der Waals surface area (Å²) in [5, 5.41) is 12.5. The highest BCUT2D eigenvalue weighted by molar-refractivity contribution is 7.91. The summed E-state index contributed by atoms with van der Waals surface area (Å²) in [5.41, 5.74) is 0.0906. The number of carbonyl (C=O) groups excluding carboxylic acids is 1. The average Bonchev–Trinajstić information content (AvgIpc) is 3.28. The van der Waals surface area contributed by atoms with E-state index in [1.165, 1.54) is 68.8 Å². The van der Waals surface area contributed by atoms with E-state index in [-0.39, 0.29) is 34.0 Å². The maximum absolute atomic E-state index is 13.2. The molecule has 0 radical (unpaired) electrons. The van der Waals surface area contributed by atoms with Crippen LogP contribution in [0.2, 0.25) is 0 Å². The van der Waals surface area contributed by atoms with Crippen LogP contribution in [-0.2, 0) is 9.84 Å². The van der Waals surface area contributed by atoms with E-state index in [9.17, 15) is 23.3 Å². The number of furan rings is 1. The van der Waals surface area contributed by atoms with Gasteiger partial charge in [-0.1, -0.05) is 6.07 Å². The first-order valence-electron chi connectivity index (χ1n) is 9.19. The maximum atomic E-state index is 13.2. The molecule has 1 N–H and O–H groups in total. The third-order valence-electron chi connectivity index (χ3n) is 4.82. The van der Waals surface area contributed by atoms with Gasteiger partial charge in [0.05, 0.1) is 23.2 Å². The minimum absolute atomic E-state index is 0.0375. The lowest BCUT2D eigenvalue weighted by Gasteiger charge is -2.17. The molecule has 1 aromatic heterocycles. The summed E-state index contributed by atoms with van der Waals surface area (Å²) in [5.74, 6) is 0.0394. The average molecular weight is 444 g/mol. The highest BCUT2D eigenvalue weighted by Crippen LogP contribution is 2.30. The van der Waals surface area contributed by atoms with E-state index < -0.39 is 25.9 Å². The van der Waals surface area contributed by atoms with Gasteiger partial charge in [0.25, 0.3) is 11.6 Å². The van der Waals surface area contributed by atoms with Gasteiger partial charge in [-0.15, -0.1) is 0 Å². The molecule has 0 bridgehead atoms. The summed E-state index contributed by atoms with van der Waals surface area (Å²) >= 11 is 0. The number of amides is 1. The second kappa shape index (κ2) is 9.00. The molecule has 3 rings (SSSR count). The number of nitro groups is 1. The number of ether oxygens (including phenoxy) is 1. The van der Waals surface area contributed by atoms with Crippen LogP contribution in [0.1, 0.15) is 26.9 Å². The molecule has 0 aliphatic rings. The molecule has 0 saturated carbocycles. The monoisotopic (exact) mass is 444 g/mol. The molecule has 1 unspecified atom stereocenters. The van der Waals surface area contributed by atoms with E-state index in [1.807, 2.05) is 0 Å². The second-order valence-electron chi connectivity index (χ2n) is 6.64. The molecule has 3 aromatic rings. The Bertz CT molecular complexity index is 1190. The van der Waals surface area contributed by atoms with Gasteiger partial charge < -0.3 is 14.5 Å². The molecule has 9 nitrogen and oxygen atoms in total. The van der Waals surface area contributed by atoms with Crippen LogP contribution in [0.15, 0.2) is 70.2 Å². The largest absolute Gasteiger partial charge is 0.497 e. The Morgan fingerprint density at radius 2 is 1.87 bits per heavy atom. The van der Waals surface area contributed by atoms with Gasteiger partial charge in [0.2, 0.25) is 0 Å². The Balaban J connectivity index is 1.89. The SMILES string of the molecule is COc1ccc(S(=O)(=O)C(CNC(=O)c2cccc([N+](=O)[O-])c2C)c2ccco2)cc1. The van der Waals surface area contributed by atoms with Gasteiger partial charge >= 0.3 is 0 Å². The van der Waals surface area contributed by atoms with Gasteiger partial charge in [0.15, 0.2) is 9.84 Å². The summed E-state index contributed by atoms with van der Waals surface area (Å²) in [6.45, 7) is 1.17. The van der Waals surface area contributed by atoms with E-state index in [0.29, 0.717) is 5.75 Å². The van der Waals surface area contributed by atoms with Crippen molar-refractivity contribution >= 4 is 21.4 Å². The highest BCUT2D eigenvalue weighted by Gasteiger charge is 2.32. The van der Waals surface area contributed by atoms with Crippen LogP contribution >= 0.6 is 0 Å². The number of benzene rings is 2. The summed E-state index contributed by atoms with van der Waals surface area (Å²) < 4.78 is 36.9. The molecule has 0 fully saturated rings. The standard InChI is InChI=1S/C21H20N2O7S/c1-14-17(5-3-6-18(14)23(25)26)21(24)22-13-20(19-7-4-12-30-19)31(27,28)16-10-8-15(29-2)9-11-16/h3-12,20H,13H2,1-2H3,(H,22,24). The summed E-state index contributed by atoms with van der Waals surface area (Å²) in [6.07, 6.45) is 1.35. The number of rotatable bonds is 8. The molecular weight excluding hydrogens is 424 g/mol. The van der Waals surface area contributed by atoms with Crippen molar-refractivity contribution in [3.8, 4) is 5.75 Å². The minimum atomic E-state index is -3.93. The topological polar surface area (TPSA) is 129 Å². The van der Waals surface area contributed by atoms with Crippen molar-refractivity contribution in [1.29, 1.82) is 0 Å². The maximum Gasteiger partial charge on any atom is 0.273 e. The fraction of sp³-hybridized carbons (Fsp3) is 0.190. The van der Waals surface area contributed by atoms with Gasteiger partial charge in [0, 0.05) is 23.7 Å². The predicted octanol–water partition coefficient (Wildman–Crippen LogP) is 3.45. The second-order valence-corrected chi connectivity index (χ2v) is 8.77. The third-order valence-corrected chi connectivity index (χ3v) is 6.89. The van der Waals surface area contributed by atoms with E-state index >= 15 is 0 Å². The van der Waals surface area contributed by atoms with Crippen LogP contribution in [0.25, 0.3) is 0 Å². The number of nitrogens with zero attached hydrogens (tertiary/aromatic N) is 1. The Morgan fingerprint density at radius 1 is 1.16 bits per heavy atom. The van der Waals surface area contributed by atoms with Gasteiger partial charge in [-0.3, -0.25) is 14.9 Å². The molecule has 0 spiro atoms. The fourth-order valence-electron chi connectivity index (χ4n) is 3.12. The van der Waals surface area contributed by atoms with E-state index in [2.05, 4.69) is 5.32 Å². The quantitative estimate of drug-likeness (QED) is 0.416. The molecule has 0 saturated heterocycles. The summed E-state index contributed by atoms with van der Waals surface area (Å²) in [4.78, 5) is 23.3. The zero-order chi connectivity index (χ0) is 22.6. The first-order valence-corrected chi connectivity index (χ1v) is 10.7. The highest BCUT2D eigenvalue weighted by atomic mass is 32.2. The van der Waals surface area contributed by atoms with E-state index in [0.717, 1.165) is 0 Å². The molecule has 0 aliphatic heterocycles. The molecule has 1 amide bonds. The number of methoxy groups -OCH3 is 1. The van der Waals surface area contributed by atoms with Crippen molar-refractivity contribution in [3.63, 3.8) is 0 Å². The van der Waals surface area contributed by atoms with Crippen molar-refractivity contribution < 1.29 is 27.3 Å². The number of nitrogens with one attached hydrogen (secondary N) is 1. The van der Waals surface area contributed by atoms with Gasteiger partial charge in [0.1, 0.15) is 16.8 Å². The van der Waals surface area contributed by atoms with Crippen LogP contribution in [0, 0.1) is 17.0 Å². The number of carbonyl (C=O) groups is 1. The van der Waals surface area contributed by atoms with Crippen LogP contribution in [0.3, 0.4) is 0 Å². The third kappa shape index (κ3) is 4.58. The first kappa shape index (κ1) is 22.0. The lowest BCUT2D eigenvalue weighted by Crippen LogP contribution is -2.32. The molecule has 2 aromatic carbocycles. The first-order chi connectivity index (χ1) is 14.8. The lowest BCUT2D eigenvalue weighted by molar-refractivity contribution is -0.385. The Kier molecular flexibility index (Phi) is 6.40. The van der Waals surface area contributed by atoms with Gasteiger partial charge in [-0.2, -0.15) is 0 Å². The van der Waals surface area contributed by atoms with E-state index in [4.69, 9.17) is 9.15 Å². The molecular formula is C21H20N2O7S. The molecule has 31 heavy (non-hydrogen) atoms. The van der Waals surface area contributed by atoms with Crippen LogP contribution < -0.4 is 10.1 Å². The molecule has 162 valence electrons. The fourth-order valence-corrected chi connectivity index (χ4v) is 4.70. The van der Waals surface area contributed by atoms with Crippen molar-refractivity contribution in [1.82, 2.24) is 5.32 Å². The number of hydrogen-bond donors (Lipinski definition) is 1. The molecule has 0 aliphatic carbocycles. The summed E-state index contributed by atoms with van der Waals surface area (Å²) in [6, 6.07) is 13.1. The normalized spacial score (nSPS) is 12.2.